The van der Waals surface area contributed by atoms with E-state index in [0.29, 0.717) is 23.7 Å². The summed E-state index contributed by atoms with van der Waals surface area (Å²) in [6.07, 6.45) is 7.51. The Labute approximate surface area is 193 Å². The molecule has 1 N–H and O–H groups in total. The number of hydrogen-bond acceptors (Lipinski definition) is 4. The molecule has 174 valence electrons. The van der Waals surface area contributed by atoms with Crippen molar-refractivity contribution >= 4 is 17.0 Å². The van der Waals surface area contributed by atoms with Crippen molar-refractivity contribution < 1.29 is 34.1 Å². The standard InChI is InChI=1S/C24H32N2O4.Ni/c1-2-25-24(28)26-14-6-9-21(17-29-16-15-27)23(26)18-30-22-12-10-20(11-13-22)19-7-4-3-5-8-19;/h3-5,7-8,20,22-23H,2,6,9-14,16-17H2,1H3,(H,25,28);/q-2;/t20?,22?,23-;/m1./s1. The zero-order valence-corrected chi connectivity index (χ0v) is 19.1. The molecule has 1 heterocycles. The Bertz CT molecular complexity index is 722. The van der Waals surface area contributed by atoms with Crippen molar-refractivity contribution in [2.45, 2.75) is 63.5 Å². The van der Waals surface area contributed by atoms with E-state index < -0.39 is 6.04 Å². The molecular formula is C24H32N2NiO4-2. The Morgan fingerprint density at radius 2 is 2.00 bits per heavy atom. The van der Waals surface area contributed by atoms with E-state index in [1.807, 2.05) is 13.0 Å². The van der Waals surface area contributed by atoms with Gasteiger partial charge in [0.1, 0.15) is 0 Å². The molecule has 1 saturated carbocycles. The predicted molar refractivity (Wildman–Crippen MR) is 116 cm³/mol. The van der Waals surface area contributed by atoms with Gasteiger partial charge in [0, 0.05) is 0 Å². The van der Waals surface area contributed by atoms with Gasteiger partial charge < -0.3 is 0 Å². The summed E-state index contributed by atoms with van der Waals surface area (Å²) in [7, 11) is 0. The Kier molecular flexibility index (Phi) is 9.69. The fourth-order valence-corrected chi connectivity index (χ4v) is 5.04. The molecule has 0 radical (unpaired) electrons. The molecular weight excluding hydrogens is 439 g/mol. The van der Waals surface area contributed by atoms with E-state index >= 15 is 0 Å². The van der Waals surface area contributed by atoms with Crippen LogP contribution < -0.4 is 5.32 Å². The van der Waals surface area contributed by atoms with Crippen LogP contribution in [0.2, 0.25) is 0 Å². The van der Waals surface area contributed by atoms with E-state index in [9.17, 15) is 9.59 Å². The molecule has 1 atom stereocenters. The minimum absolute atomic E-state index is 0.0761. The van der Waals surface area contributed by atoms with E-state index in [1.54, 1.807) is 11.2 Å². The second-order valence-electron chi connectivity index (χ2n) is 8.11. The number of amides is 2. The van der Waals surface area contributed by atoms with Gasteiger partial charge in [-0.25, -0.2) is 0 Å². The zero-order valence-electron chi connectivity index (χ0n) is 18.1. The molecule has 2 aliphatic rings. The van der Waals surface area contributed by atoms with Crippen LogP contribution in [0.3, 0.4) is 0 Å². The van der Waals surface area contributed by atoms with E-state index in [0.717, 1.165) is 44.4 Å². The van der Waals surface area contributed by atoms with Crippen molar-refractivity contribution in [1.82, 2.24) is 10.2 Å². The van der Waals surface area contributed by atoms with Gasteiger partial charge in [-0.1, -0.05) is 0 Å². The monoisotopic (exact) mass is 470 g/mol. The number of likely N-dealkylation sites (tertiary alicyclic amines) is 1. The van der Waals surface area contributed by atoms with Crippen LogP contribution in [-0.4, -0.2) is 60.3 Å². The van der Waals surface area contributed by atoms with Gasteiger partial charge in [0.25, 0.3) is 0 Å². The van der Waals surface area contributed by atoms with Gasteiger partial charge in [-0.15, -0.1) is 0 Å². The first-order chi connectivity index (χ1) is 15.1. The summed E-state index contributed by atoms with van der Waals surface area (Å²) in [5.41, 5.74) is 1.39. The number of benzene rings is 1. The van der Waals surface area contributed by atoms with Crippen LogP contribution in [0.15, 0.2) is 30.3 Å². The average molecular weight is 471 g/mol. The third kappa shape index (κ3) is 6.71. The molecule has 3 rings (SSSR count). The molecule has 0 aromatic heterocycles. The molecule has 1 aromatic rings. The molecule has 6 nitrogen and oxygen atoms in total. The van der Waals surface area contributed by atoms with Crippen LogP contribution >= 0.6 is 0 Å². The third-order valence-electron chi connectivity index (χ3n) is 6.05. The normalized spacial score (nSPS) is 24.6. The summed E-state index contributed by atoms with van der Waals surface area (Å²) in [4.78, 5) is 25.0. The molecule has 1 aromatic carbocycles. The van der Waals surface area contributed by atoms with Gasteiger partial charge in [-0.05, 0) is 0 Å². The van der Waals surface area contributed by atoms with Crippen LogP contribution in [0.4, 0.5) is 4.79 Å². The fourth-order valence-electron chi connectivity index (χ4n) is 4.52. The van der Waals surface area contributed by atoms with Crippen molar-refractivity contribution in [3.8, 4) is 0 Å². The van der Waals surface area contributed by atoms with Crippen LogP contribution in [0.5, 0.6) is 0 Å². The van der Waals surface area contributed by atoms with Crippen molar-refractivity contribution in [3.05, 3.63) is 41.8 Å². The molecule has 1 aliphatic heterocycles. The fraction of sp³-hybridized carbons (Fsp3) is 0.583. The Hall–Kier alpha value is -1.56. The second-order valence-corrected chi connectivity index (χ2v) is 8.59. The number of rotatable bonds is 9. The summed E-state index contributed by atoms with van der Waals surface area (Å²) in [5, 5.41) is 2.88. The first-order valence-corrected chi connectivity index (χ1v) is 11.7. The average Bonchev–Trinajstić information content (AvgIpc) is 2.80. The molecule has 7 heteroatoms. The Morgan fingerprint density at radius 1 is 1.26 bits per heavy atom. The van der Waals surface area contributed by atoms with Crippen molar-refractivity contribution in [2.24, 2.45) is 0 Å². The quantitative estimate of drug-likeness (QED) is 0.341. The van der Waals surface area contributed by atoms with Crippen LogP contribution in [-0.2, 0) is 29.3 Å². The van der Waals surface area contributed by atoms with Gasteiger partial charge in [0.15, 0.2) is 0 Å². The van der Waals surface area contributed by atoms with Crippen LogP contribution in [0, 0.1) is 5.92 Å². The number of carbonyl (C=O) groups excluding carboxylic acids is 2. The first-order valence-electron chi connectivity index (χ1n) is 11.2. The summed E-state index contributed by atoms with van der Waals surface area (Å²) in [6.45, 7) is 3.27. The number of urea groups is 1. The molecule has 1 saturated heterocycles. The summed E-state index contributed by atoms with van der Waals surface area (Å²) in [6, 6.07) is 10.1. The molecule has 0 spiro atoms. The van der Waals surface area contributed by atoms with E-state index in [4.69, 9.17) is 24.5 Å². The predicted octanol–water partition coefficient (Wildman–Crippen LogP) is 3.30. The molecule has 2 amide bonds. The van der Waals surface area contributed by atoms with Gasteiger partial charge in [0.2, 0.25) is 0 Å². The first kappa shape index (κ1) is 24.1. The number of piperidine rings is 1. The number of ether oxygens (including phenoxy) is 2. The Morgan fingerprint density at radius 3 is 2.68 bits per heavy atom. The molecule has 1 aliphatic carbocycles. The number of hydrogen-bond donors (Lipinski definition) is 1. The van der Waals surface area contributed by atoms with Gasteiger partial charge >= 0.3 is 193 Å². The molecule has 0 bridgehead atoms. The van der Waals surface area contributed by atoms with Gasteiger partial charge in [-0.2, -0.15) is 0 Å². The van der Waals surface area contributed by atoms with Gasteiger partial charge in [-0.3, -0.25) is 0 Å². The summed E-state index contributed by atoms with van der Waals surface area (Å²) >= 11 is 5.34. The maximum atomic E-state index is 12.7. The van der Waals surface area contributed by atoms with Crippen molar-refractivity contribution in [3.63, 3.8) is 0 Å². The Balaban J connectivity index is 1.62. The molecule has 31 heavy (non-hydrogen) atoms. The SMILES string of the molecule is CCNC(=O)N1CCC[C-](COC[C-]=O)[C@H]1[C](=[Ni])OC1CCC(c2ccccc2)CC1. The van der Waals surface area contributed by atoms with Crippen LogP contribution in [0.25, 0.3) is 0 Å². The number of carbonyl (C=O) groups is 1. The number of nitrogens with one attached hydrogen (secondary N) is 1. The third-order valence-corrected chi connectivity index (χ3v) is 6.43. The van der Waals surface area contributed by atoms with Crippen LogP contribution in [0.1, 0.15) is 56.9 Å². The van der Waals surface area contributed by atoms with E-state index in [-0.39, 0.29) is 25.3 Å². The molecule has 2 fully saturated rings. The zero-order chi connectivity index (χ0) is 22.1. The topological polar surface area (TPSA) is 67.9 Å². The van der Waals surface area contributed by atoms with Gasteiger partial charge in [0.05, 0.1) is 0 Å². The molecule has 0 unspecified atom stereocenters. The summed E-state index contributed by atoms with van der Waals surface area (Å²) < 4.78 is 12.2. The van der Waals surface area contributed by atoms with E-state index in [2.05, 4.69) is 29.6 Å². The maximum absolute atomic E-state index is 12.7. The minimum atomic E-state index is -0.390. The number of nitrogens with zero attached hydrogens (tertiary/aromatic N) is 1. The summed E-state index contributed by atoms with van der Waals surface area (Å²) in [5.74, 6) is 1.56. The van der Waals surface area contributed by atoms with E-state index in [1.165, 1.54) is 5.56 Å². The van der Waals surface area contributed by atoms with Crippen molar-refractivity contribution in [1.29, 1.82) is 0 Å². The van der Waals surface area contributed by atoms with Crippen molar-refractivity contribution in [2.75, 3.05) is 26.3 Å². The second kappa shape index (κ2) is 12.5.